The van der Waals surface area contributed by atoms with E-state index in [1.54, 1.807) is 31.8 Å². The van der Waals surface area contributed by atoms with Gasteiger partial charge in [-0.05, 0) is 35.4 Å². The highest BCUT2D eigenvalue weighted by atomic mass is 16.5. The van der Waals surface area contributed by atoms with Crippen LogP contribution in [0.2, 0.25) is 0 Å². The first kappa shape index (κ1) is 19.3. The molecule has 6 nitrogen and oxygen atoms in total. The third-order valence-corrected chi connectivity index (χ3v) is 4.52. The standard InChI is InChI=1S/C24H21N3O3/c1-29-23-15-21(11-12-22(23)27-14-13-25-17-27)30-16-24(28)26-20-9-7-19(8-10-20)18-5-3-2-4-6-18/h2-15,17H,16H2,1H3,(H,26,28)/p-1. The van der Waals surface area contributed by atoms with Gasteiger partial charge in [-0.1, -0.05) is 42.5 Å². The van der Waals surface area contributed by atoms with E-state index in [-0.39, 0.29) is 12.5 Å². The third-order valence-electron chi connectivity index (χ3n) is 4.52. The fourth-order valence-corrected chi connectivity index (χ4v) is 3.04. The fourth-order valence-electron chi connectivity index (χ4n) is 3.04. The highest BCUT2D eigenvalue weighted by molar-refractivity contribution is 5.77. The molecular formula is C24H20N3O3-. The molecule has 30 heavy (non-hydrogen) atoms. The Morgan fingerprint density at radius 2 is 1.77 bits per heavy atom. The van der Waals surface area contributed by atoms with E-state index >= 15 is 0 Å². The lowest BCUT2D eigenvalue weighted by atomic mass is 10.1. The number of benzene rings is 3. The molecule has 0 aliphatic carbocycles. The van der Waals surface area contributed by atoms with Gasteiger partial charge >= 0.3 is 0 Å². The Bertz CT molecular complexity index is 1120. The van der Waals surface area contributed by atoms with Crippen LogP contribution in [0.3, 0.4) is 0 Å². The van der Waals surface area contributed by atoms with E-state index in [0.717, 1.165) is 16.8 Å². The van der Waals surface area contributed by atoms with Gasteiger partial charge in [0, 0.05) is 24.4 Å². The van der Waals surface area contributed by atoms with Crippen LogP contribution in [-0.4, -0.2) is 29.2 Å². The lowest BCUT2D eigenvalue weighted by Crippen LogP contribution is -2.25. The molecule has 0 fully saturated rings. The summed E-state index contributed by atoms with van der Waals surface area (Å²) < 4.78 is 12.9. The lowest BCUT2D eigenvalue weighted by Gasteiger charge is -2.15. The summed E-state index contributed by atoms with van der Waals surface area (Å²) >= 11 is 0. The van der Waals surface area contributed by atoms with Crippen molar-refractivity contribution in [1.82, 2.24) is 9.55 Å². The average Bonchev–Trinajstić information content (AvgIpc) is 3.33. The van der Waals surface area contributed by atoms with Gasteiger partial charge in [-0.2, -0.15) is 0 Å². The van der Waals surface area contributed by atoms with Crippen LogP contribution in [-0.2, 0) is 0 Å². The summed E-state index contributed by atoms with van der Waals surface area (Å²) in [7, 11) is 1.58. The zero-order valence-electron chi connectivity index (χ0n) is 16.4. The molecule has 0 spiro atoms. The zero-order chi connectivity index (χ0) is 20.8. The lowest BCUT2D eigenvalue weighted by molar-refractivity contribution is -0.220. The summed E-state index contributed by atoms with van der Waals surface area (Å²) in [6.07, 6.45) is 5.20. The minimum absolute atomic E-state index is 0.159. The quantitative estimate of drug-likeness (QED) is 0.348. The summed E-state index contributed by atoms with van der Waals surface area (Å²) in [5.41, 5.74) is 3.61. The number of rotatable bonds is 7. The molecule has 0 aliphatic rings. The molecule has 0 saturated carbocycles. The van der Waals surface area contributed by atoms with E-state index in [1.165, 1.54) is 0 Å². The summed E-state index contributed by atoms with van der Waals surface area (Å²) in [6.45, 7) is -0.159. The van der Waals surface area contributed by atoms with Crippen LogP contribution < -0.4 is 14.6 Å². The molecule has 150 valence electrons. The summed E-state index contributed by atoms with van der Waals surface area (Å²) in [6, 6.07) is 22.9. The van der Waals surface area contributed by atoms with Crippen molar-refractivity contribution >= 4 is 11.6 Å². The molecule has 1 aromatic heterocycles. The Morgan fingerprint density at radius 3 is 2.47 bits per heavy atom. The first-order valence-corrected chi connectivity index (χ1v) is 9.42. The second-order valence-electron chi connectivity index (χ2n) is 6.51. The predicted molar refractivity (Wildman–Crippen MR) is 115 cm³/mol. The van der Waals surface area contributed by atoms with Crippen molar-refractivity contribution in [3.8, 4) is 28.3 Å². The van der Waals surface area contributed by atoms with Crippen molar-refractivity contribution in [3.05, 3.63) is 91.5 Å². The molecule has 0 radical (unpaired) electrons. The Balaban J connectivity index is 1.42. The van der Waals surface area contributed by atoms with E-state index in [1.807, 2.05) is 71.4 Å². The van der Waals surface area contributed by atoms with Gasteiger partial charge < -0.3 is 19.1 Å². The van der Waals surface area contributed by atoms with Gasteiger partial charge in [-0.25, -0.2) is 4.98 Å². The van der Waals surface area contributed by atoms with Gasteiger partial charge in [0.1, 0.15) is 18.1 Å². The molecule has 0 unspecified atom stereocenters. The van der Waals surface area contributed by atoms with E-state index in [4.69, 9.17) is 9.47 Å². The molecule has 4 aromatic rings. The van der Waals surface area contributed by atoms with Crippen LogP contribution >= 0.6 is 0 Å². The number of aliphatic imine (C=N–C) groups is 1. The Kier molecular flexibility index (Phi) is 5.75. The molecular weight excluding hydrogens is 378 g/mol. The molecule has 0 atom stereocenters. The molecule has 1 heterocycles. The van der Waals surface area contributed by atoms with Crippen molar-refractivity contribution in [2.45, 2.75) is 0 Å². The third kappa shape index (κ3) is 4.50. The molecule has 3 aromatic carbocycles. The van der Waals surface area contributed by atoms with Gasteiger partial charge in [-0.15, -0.1) is 0 Å². The van der Waals surface area contributed by atoms with Gasteiger partial charge in [0.2, 0.25) is 0 Å². The van der Waals surface area contributed by atoms with E-state index < -0.39 is 0 Å². The molecule has 0 aliphatic heterocycles. The van der Waals surface area contributed by atoms with Gasteiger partial charge in [0.25, 0.3) is 0 Å². The molecule has 6 heteroatoms. The van der Waals surface area contributed by atoms with Gasteiger partial charge in [0.05, 0.1) is 24.8 Å². The second kappa shape index (κ2) is 8.96. The summed E-state index contributed by atoms with van der Waals surface area (Å²) in [5.74, 6) is 0.783. The van der Waals surface area contributed by atoms with Crippen LogP contribution in [0.1, 0.15) is 0 Å². The first-order valence-electron chi connectivity index (χ1n) is 9.42. The van der Waals surface area contributed by atoms with Crippen molar-refractivity contribution < 1.29 is 14.6 Å². The van der Waals surface area contributed by atoms with Crippen molar-refractivity contribution in [2.24, 2.45) is 4.99 Å². The minimum Gasteiger partial charge on any atom is -0.859 e. The van der Waals surface area contributed by atoms with Crippen LogP contribution in [0, 0.1) is 0 Å². The SMILES string of the molecule is COc1cc(OCC([O-])=Nc2ccc(-c3ccccc3)cc2)ccc1-n1ccnc1. The minimum atomic E-state index is -0.361. The number of aromatic nitrogens is 2. The van der Waals surface area contributed by atoms with Crippen LogP contribution in [0.25, 0.3) is 16.8 Å². The number of methoxy groups -OCH3 is 1. The maximum Gasteiger partial charge on any atom is 0.146 e. The fraction of sp³-hybridized carbons (Fsp3) is 0.0833. The van der Waals surface area contributed by atoms with E-state index in [2.05, 4.69) is 9.98 Å². The van der Waals surface area contributed by atoms with Crippen LogP contribution in [0.5, 0.6) is 11.5 Å². The Hall–Kier alpha value is -4.06. The number of hydrogen-bond donors (Lipinski definition) is 0. The predicted octanol–water partition coefficient (Wildman–Crippen LogP) is 4.02. The van der Waals surface area contributed by atoms with Crippen molar-refractivity contribution in [2.75, 3.05) is 13.7 Å². The maximum atomic E-state index is 12.2. The van der Waals surface area contributed by atoms with E-state index in [0.29, 0.717) is 17.2 Å². The second-order valence-corrected chi connectivity index (χ2v) is 6.51. The number of ether oxygens (including phenoxy) is 2. The average molecular weight is 398 g/mol. The number of imidazole rings is 1. The van der Waals surface area contributed by atoms with Crippen molar-refractivity contribution in [3.63, 3.8) is 0 Å². The monoisotopic (exact) mass is 398 g/mol. The van der Waals surface area contributed by atoms with Crippen LogP contribution in [0.15, 0.2) is 96.5 Å². The largest absolute Gasteiger partial charge is 0.859 e. The smallest absolute Gasteiger partial charge is 0.146 e. The topological polar surface area (TPSA) is 71.7 Å². The highest BCUT2D eigenvalue weighted by Gasteiger charge is 2.07. The zero-order valence-corrected chi connectivity index (χ0v) is 16.4. The first-order chi connectivity index (χ1) is 14.7. The molecule has 0 amide bonds. The van der Waals surface area contributed by atoms with Crippen LogP contribution in [0.4, 0.5) is 5.69 Å². The maximum absolute atomic E-state index is 12.2. The Labute approximate surface area is 174 Å². The van der Waals surface area contributed by atoms with E-state index in [9.17, 15) is 5.11 Å². The van der Waals surface area contributed by atoms with Gasteiger partial charge in [0.15, 0.2) is 0 Å². The normalized spacial score (nSPS) is 11.3. The molecule has 0 N–H and O–H groups in total. The van der Waals surface area contributed by atoms with Gasteiger partial charge in [-0.3, -0.25) is 4.99 Å². The summed E-state index contributed by atoms with van der Waals surface area (Å²) in [5, 5.41) is 12.2. The number of hydrogen-bond acceptors (Lipinski definition) is 5. The Morgan fingerprint density at radius 1 is 1.00 bits per heavy atom. The molecule has 0 saturated heterocycles. The van der Waals surface area contributed by atoms with Crippen molar-refractivity contribution in [1.29, 1.82) is 0 Å². The molecule has 0 bridgehead atoms. The highest BCUT2D eigenvalue weighted by Crippen LogP contribution is 2.28. The summed E-state index contributed by atoms with van der Waals surface area (Å²) in [4.78, 5) is 8.14. The number of nitrogens with zero attached hydrogens (tertiary/aromatic N) is 3. The molecule has 4 rings (SSSR count).